The number of nitrogens with zero attached hydrogens (tertiary/aromatic N) is 5. The minimum atomic E-state index is -4.48. The molecule has 0 aliphatic carbocycles. The lowest BCUT2D eigenvalue weighted by Gasteiger charge is -2.09. The first-order valence-corrected chi connectivity index (χ1v) is 9.35. The smallest absolute Gasteiger partial charge is 0.416 e. The zero-order valence-corrected chi connectivity index (χ0v) is 15.9. The molecule has 1 N–H and O–H groups in total. The highest BCUT2D eigenvalue weighted by Crippen LogP contribution is 2.30. The molecule has 11 heteroatoms. The predicted octanol–water partition coefficient (Wildman–Crippen LogP) is 3.41. The third-order valence-electron chi connectivity index (χ3n) is 4.27. The van der Waals surface area contributed by atoms with Gasteiger partial charge >= 0.3 is 11.0 Å². The highest BCUT2D eigenvalue weighted by molar-refractivity contribution is 7.10. The molecular formula is C19H12F3N5O2S. The van der Waals surface area contributed by atoms with Gasteiger partial charge in [-0.15, -0.1) is 10.2 Å². The van der Waals surface area contributed by atoms with Crippen LogP contribution in [-0.4, -0.2) is 9.67 Å². The van der Waals surface area contributed by atoms with Crippen LogP contribution in [0.1, 0.15) is 16.0 Å². The van der Waals surface area contributed by atoms with Gasteiger partial charge in [0.1, 0.15) is 0 Å². The Bertz CT molecular complexity index is 1320. The number of benzene rings is 2. The molecule has 0 fully saturated rings. The molecule has 0 amide bonds. The first-order valence-electron chi connectivity index (χ1n) is 8.54. The second-order valence-electron chi connectivity index (χ2n) is 6.31. The summed E-state index contributed by atoms with van der Waals surface area (Å²) in [5.41, 5.74) is -0.554. The lowest BCUT2D eigenvalue weighted by atomic mass is 10.1. The fraction of sp³-hybridized carbons (Fsp3) is 0.105. The number of hydrogen-bond acceptors (Lipinski definition) is 7. The van der Waals surface area contributed by atoms with Crippen LogP contribution in [-0.2, 0) is 12.7 Å². The van der Waals surface area contributed by atoms with Gasteiger partial charge in [0, 0.05) is 5.22 Å². The van der Waals surface area contributed by atoms with Crippen LogP contribution in [0.2, 0.25) is 0 Å². The van der Waals surface area contributed by atoms with E-state index < -0.39 is 16.6 Å². The number of alkyl halides is 3. The maximum Gasteiger partial charge on any atom is 0.416 e. The van der Waals surface area contributed by atoms with Gasteiger partial charge in [-0.1, -0.05) is 47.7 Å². The number of hydrogen-bond donors (Lipinski definition) is 1. The standard InChI is InChI=1S/C19H12F3N5O2S/c20-19(21,22)14-3-1-2-12(8-14)10-27-17(28)15(30-18(27)29)9-11-4-6-13(7-5-11)16-23-25-26-24-16/h1-9,28H,10H2. The Hall–Kier alpha value is -3.60. The Morgan fingerprint density at radius 3 is 2.43 bits per heavy atom. The van der Waals surface area contributed by atoms with E-state index >= 15 is 0 Å². The summed E-state index contributed by atoms with van der Waals surface area (Å²) >= 11 is 0.802. The van der Waals surface area contributed by atoms with Crippen LogP contribution in [0.4, 0.5) is 13.2 Å². The maximum absolute atomic E-state index is 12.9. The van der Waals surface area contributed by atoms with E-state index in [1.54, 1.807) is 30.3 Å². The number of thiazole rings is 1. The molecule has 30 heavy (non-hydrogen) atoms. The largest absolute Gasteiger partial charge is 0.493 e. The Morgan fingerprint density at radius 2 is 1.77 bits per heavy atom. The highest BCUT2D eigenvalue weighted by Gasteiger charge is 2.30. The zero-order valence-electron chi connectivity index (χ0n) is 15.0. The Labute approximate surface area is 170 Å². The number of halogens is 3. The van der Waals surface area contributed by atoms with E-state index in [9.17, 15) is 23.1 Å². The molecule has 4 rings (SSSR count). The van der Waals surface area contributed by atoms with Crippen LogP contribution in [0.5, 0.6) is 5.88 Å². The van der Waals surface area contributed by atoms with Crippen LogP contribution in [0.3, 0.4) is 0 Å². The van der Waals surface area contributed by atoms with E-state index in [2.05, 4.69) is 20.7 Å². The summed E-state index contributed by atoms with van der Waals surface area (Å²) in [6.45, 7) is -0.174. The summed E-state index contributed by atoms with van der Waals surface area (Å²) < 4.78 is 39.7. The molecule has 1 aliphatic rings. The van der Waals surface area contributed by atoms with Gasteiger partial charge < -0.3 is 5.11 Å². The van der Waals surface area contributed by atoms with Crippen molar-refractivity contribution in [1.29, 1.82) is 0 Å². The van der Waals surface area contributed by atoms with Gasteiger partial charge in [-0.25, -0.2) is 0 Å². The van der Waals surface area contributed by atoms with Crippen LogP contribution in [0.25, 0.3) is 11.9 Å². The van der Waals surface area contributed by atoms with Crippen LogP contribution in [0.15, 0.2) is 74.0 Å². The minimum Gasteiger partial charge on any atom is -0.493 e. The normalized spacial score (nSPS) is 13.2. The molecule has 0 spiro atoms. The molecule has 0 atom stereocenters. The number of rotatable bonds is 3. The average Bonchev–Trinajstić information content (AvgIpc) is 3.33. The van der Waals surface area contributed by atoms with Crippen molar-refractivity contribution in [1.82, 2.24) is 4.57 Å². The van der Waals surface area contributed by atoms with Crippen LogP contribution in [0, 0.1) is 0 Å². The molecule has 2 heterocycles. The summed E-state index contributed by atoms with van der Waals surface area (Å²) in [5, 5.41) is 26.2. The molecule has 152 valence electrons. The highest BCUT2D eigenvalue weighted by atomic mass is 32.1. The third kappa shape index (κ3) is 4.06. The van der Waals surface area contributed by atoms with Crippen LogP contribution < -0.4 is 15.3 Å². The first-order chi connectivity index (χ1) is 14.3. The van der Waals surface area contributed by atoms with E-state index in [-0.39, 0.29) is 18.0 Å². The lowest BCUT2D eigenvalue weighted by molar-refractivity contribution is -0.137. The molecule has 1 aromatic heterocycles. The quantitative estimate of drug-likeness (QED) is 0.689. The average molecular weight is 431 g/mol. The summed E-state index contributed by atoms with van der Waals surface area (Å²) in [6, 6.07) is 11.6. The van der Waals surface area contributed by atoms with Crippen molar-refractivity contribution in [2.45, 2.75) is 12.7 Å². The fourth-order valence-corrected chi connectivity index (χ4v) is 3.66. The third-order valence-corrected chi connectivity index (χ3v) is 5.19. The predicted molar refractivity (Wildman–Crippen MR) is 103 cm³/mol. The topological polar surface area (TPSA) is 91.7 Å². The Kier molecular flexibility index (Phi) is 5.04. The van der Waals surface area contributed by atoms with E-state index in [4.69, 9.17) is 0 Å². The van der Waals surface area contributed by atoms with Gasteiger partial charge in [0.15, 0.2) is 0 Å². The van der Waals surface area contributed by atoms with Crippen molar-refractivity contribution in [3.05, 3.63) is 84.6 Å². The van der Waals surface area contributed by atoms with Crippen molar-refractivity contribution in [3.8, 4) is 5.88 Å². The number of aromatic nitrogens is 1. The molecule has 0 unspecified atom stereocenters. The van der Waals surface area contributed by atoms with Gasteiger partial charge in [0.2, 0.25) is 11.7 Å². The molecule has 0 bridgehead atoms. The number of aromatic hydroxyl groups is 1. The summed E-state index contributed by atoms with van der Waals surface area (Å²) in [7, 11) is 0. The van der Waals surface area contributed by atoms with Gasteiger partial charge in [-0.3, -0.25) is 9.36 Å². The van der Waals surface area contributed by atoms with Crippen molar-refractivity contribution < 1.29 is 18.3 Å². The molecule has 0 saturated carbocycles. The van der Waals surface area contributed by atoms with Crippen LogP contribution >= 0.6 is 11.3 Å². The summed E-state index contributed by atoms with van der Waals surface area (Å²) in [6.07, 6.45) is -2.88. The molecular weight excluding hydrogens is 419 g/mol. The van der Waals surface area contributed by atoms with Gasteiger partial charge in [0.25, 0.3) is 0 Å². The fourth-order valence-electron chi connectivity index (χ4n) is 2.82. The molecule has 0 radical (unpaired) electrons. The van der Waals surface area contributed by atoms with Gasteiger partial charge in [-0.05, 0) is 39.4 Å². The van der Waals surface area contributed by atoms with Gasteiger partial charge in [0.05, 0.1) is 17.0 Å². The SMILES string of the molecule is O=c1sc(C=c2ccc(=C3N=NN=N3)cc2)c(O)n1Cc1cccc(C(F)(F)F)c1. The van der Waals surface area contributed by atoms with Crippen molar-refractivity contribution in [2.24, 2.45) is 20.7 Å². The first kappa shape index (κ1) is 19.7. The molecule has 3 aromatic rings. The molecule has 0 saturated heterocycles. The van der Waals surface area contributed by atoms with E-state index in [1.165, 1.54) is 12.1 Å². The summed E-state index contributed by atoms with van der Waals surface area (Å²) in [4.78, 5) is 12.1. The van der Waals surface area contributed by atoms with E-state index in [1.807, 2.05) is 0 Å². The molecule has 2 aromatic carbocycles. The Morgan fingerprint density at radius 1 is 1.07 bits per heavy atom. The van der Waals surface area contributed by atoms with Gasteiger partial charge in [-0.2, -0.15) is 13.2 Å². The minimum absolute atomic E-state index is 0.174. The second-order valence-corrected chi connectivity index (χ2v) is 7.30. The second kappa shape index (κ2) is 7.67. The zero-order chi connectivity index (χ0) is 21.3. The molecule has 7 nitrogen and oxygen atoms in total. The van der Waals surface area contributed by atoms with E-state index in [0.717, 1.165) is 28.0 Å². The van der Waals surface area contributed by atoms with Crippen molar-refractivity contribution >= 4 is 23.2 Å². The monoisotopic (exact) mass is 431 g/mol. The van der Waals surface area contributed by atoms with Crippen molar-refractivity contribution in [3.63, 3.8) is 0 Å². The lowest BCUT2D eigenvalue weighted by Crippen LogP contribution is -2.14. The van der Waals surface area contributed by atoms with E-state index in [0.29, 0.717) is 21.1 Å². The summed E-state index contributed by atoms with van der Waals surface area (Å²) in [5.74, 6) is 0.0700. The molecule has 1 aliphatic heterocycles. The van der Waals surface area contributed by atoms with Crippen molar-refractivity contribution in [2.75, 3.05) is 0 Å². The Balaban J connectivity index is 1.65. The maximum atomic E-state index is 12.9.